The van der Waals surface area contributed by atoms with Crippen LogP contribution in [-0.2, 0) is 11.3 Å². The molecule has 0 saturated heterocycles. The summed E-state index contributed by atoms with van der Waals surface area (Å²) < 4.78 is 19.3. The van der Waals surface area contributed by atoms with Crippen molar-refractivity contribution in [3.63, 3.8) is 0 Å². The second kappa shape index (κ2) is 9.82. The zero-order chi connectivity index (χ0) is 16.5. The Morgan fingerprint density at radius 1 is 1.41 bits per heavy atom. The standard InChI is InChI=1S/C17H25BrFNO2/c1-4-5-10-22-17(21)20(9-8-13(2)3)12-14-6-7-15(18)16(19)11-14/h6-7,11,13H,4-5,8-10,12H2,1-3H3. The average molecular weight is 374 g/mol. The van der Waals surface area contributed by atoms with Crippen molar-refractivity contribution in [2.75, 3.05) is 13.2 Å². The van der Waals surface area contributed by atoms with E-state index in [1.54, 1.807) is 11.0 Å². The van der Waals surface area contributed by atoms with Crippen molar-refractivity contribution in [3.05, 3.63) is 34.1 Å². The van der Waals surface area contributed by atoms with Crippen LogP contribution in [0, 0.1) is 11.7 Å². The molecule has 3 nitrogen and oxygen atoms in total. The van der Waals surface area contributed by atoms with Gasteiger partial charge in [0, 0.05) is 13.1 Å². The van der Waals surface area contributed by atoms with Gasteiger partial charge in [-0.25, -0.2) is 9.18 Å². The second-order valence-electron chi connectivity index (χ2n) is 5.82. The van der Waals surface area contributed by atoms with Gasteiger partial charge in [-0.05, 0) is 52.4 Å². The predicted octanol–water partition coefficient (Wildman–Crippen LogP) is 5.37. The molecular weight excluding hydrogens is 349 g/mol. The topological polar surface area (TPSA) is 29.5 Å². The quantitative estimate of drug-likeness (QED) is 0.573. The van der Waals surface area contributed by atoms with Crippen molar-refractivity contribution in [2.24, 2.45) is 5.92 Å². The highest BCUT2D eigenvalue weighted by Crippen LogP contribution is 2.18. The first kappa shape index (κ1) is 18.9. The number of ether oxygens (including phenoxy) is 1. The fourth-order valence-electron chi connectivity index (χ4n) is 1.90. The van der Waals surface area contributed by atoms with Gasteiger partial charge in [0.15, 0.2) is 0 Å². The van der Waals surface area contributed by atoms with Crippen LogP contribution in [0.25, 0.3) is 0 Å². The smallest absolute Gasteiger partial charge is 0.410 e. The molecule has 0 unspecified atom stereocenters. The van der Waals surface area contributed by atoms with Crippen LogP contribution in [0.1, 0.15) is 45.6 Å². The van der Waals surface area contributed by atoms with E-state index < -0.39 is 0 Å². The highest BCUT2D eigenvalue weighted by molar-refractivity contribution is 9.10. The summed E-state index contributed by atoms with van der Waals surface area (Å²) in [6.45, 7) is 7.68. The second-order valence-corrected chi connectivity index (χ2v) is 6.67. The Kier molecular flexibility index (Phi) is 8.46. The summed E-state index contributed by atoms with van der Waals surface area (Å²) in [4.78, 5) is 13.8. The van der Waals surface area contributed by atoms with Crippen molar-refractivity contribution in [1.29, 1.82) is 0 Å². The van der Waals surface area contributed by atoms with Gasteiger partial charge in [-0.3, -0.25) is 0 Å². The van der Waals surface area contributed by atoms with Gasteiger partial charge in [0.1, 0.15) is 5.82 Å². The number of unbranched alkanes of at least 4 members (excludes halogenated alkanes) is 1. The summed E-state index contributed by atoms with van der Waals surface area (Å²) in [6.07, 6.45) is 2.41. The van der Waals surface area contributed by atoms with Crippen molar-refractivity contribution in [1.82, 2.24) is 4.90 Å². The minimum atomic E-state index is -0.322. The summed E-state index contributed by atoms with van der Waals surface area (Å²) in [6, 6.07) is 4.92. The number of hydrogen-bond donors (Lipinski definition) is 0. The first-order chi connectivity index (χ1) is 10.4. The van der Waals surface area contributed by atoms with Crippen LogP contribution in [-0.4, -0.2) is 24.1 Å². The number of carbonyl (C=O) groups excluding carboxylic acids is 1. The lowest BCUT2D eigenvalue weighted by atomic mass is 10.1. The van der Waals surface area contributed by atoms with Gasteiger partial charge in [-0.2, -0.15) is 0 Å². The Balaban J connectivity index is 2.71. The normalized spacial score (nSPS) is 10.8. The number of carbonyl (C=O) groups is 1. The zero-order valence-corrected chi connectivity index (χ0v) is 15.2. The molecule has 0 aliphatic rings. The molecule has 0 fully saturated rings. The molecule has 22 heavy (non-hydrogen) atoms. The molecule has 0 atom stereocenters. The maximum Gasteiger partial charge on any atom is 0.410 e. The van der Waals surface area contributed by atoms with E-state index >= 15 is 0 Å². The summed E-state index contributed by atoms with van der Waals surface area (Å²) in [5, 5.41) is 0. The lowest BCUT2D eigenvalue weighted by Gasteiger charge is -2.23. The maximum atomic E-state index is 13.6. The summed E-state index contributed by atoms with van der Waals surface area (Å²) in [7, 11) is 0. The molecule has 0 spiro atoms. The van der Waals surface area contributed by atoms with Gasteiger partial charge in [-0.1, -0.05) is 33.3 Å². The van der Waals surface area contributed by atoms with Gasteiger partial charge in [-0.15, -0.1) is 0 Å². The minimum absolute atomic E-state index is 0.319. The average Bonchev–Trinajstić information content (AvgIpc) is 2.47. The highest BCUT2D eigenvalue weighted by Gasteiger charge is 2.16. The van der Waals surface area contributed by atoms with E-state index in [9.17, 15) is 9.18 Å². The summed E-state index contributed by atoms with van der Waals surface area (Å²) in [5.41, 5.74) is 0.761. The molecule has 5 heteroatoms. The van der Waals surface area contributed by atoms with Crippen molar-refractivity contribution in [2.45, 2.75) is 46.6 Å². The van der Waals surface area contributed by atoms with Crippen molar-refractivity contribution in [3.8, 4) is 0 Å². The molecule has 1 rings (SSSR count). The molecule has 0 aliphatic carbocycles. The van der Waals surface area contributed by atoms with Crippen LogP contribution in [0.3, 0.4) is 0 Å². The Morgan fingerprint density at radius 2 is 2.14 bits per heavy atom. The molecule has 0 aromatic heterocycles. The zero-order valence-electron chi connectivity index (χ0n) is 13.6. The van der Waals surface area contributed by atoms with Gasteiger partial charge in [0.2, 0.25) is 0 Å². The molecule has 1 aromatic carbocycles. The van der Waals surface area contributed by atoms with Gasteiger partial charge in [0.05, 0.1) is 11.1 Å². The van der Waals surface area contributed by atoms with Crippen LogP contribution in [0.15, 0.2) is 22.7 Å². The minimum Gasteiger partial charge on any atom is -0.449 e. The van der Waals surface area contributed by atoms with Gasteiger partial charge in [0.25, 0.3) is 0 Å². The molecule has 124 valence electrons. The first-order valence-corrected chi connectivity index (χ1v) is 8.59. The molecule has 0 N–H and O–H groups in total. The number of benzene rings is 1. The van der Waals surface area contributed by atoms with E-state index in [1.165, 1.54) is 6.07 Å². The third kappa shape index (κ3) is 6.77. The number of hydrogen-bond acceptors (Lipinski definition) is 2. The Hall–Kier alpha value is -1.10. The number of amides is 1. The summed E-state index contributed by atoms with van der Waals surface area (Å²) in [5.74, 6) is 0.174. The Morgan fingerprint density at radius 3 is 2.73 bits per heavy atom. The fraction of sp³-hybridized carbons (Fsp3) is 0.588. The van der Waals surface area contributed by atoms with E-state index in [2.05, 4.69) is 36.7 Å². The van der Waals surface area contributed by atoms with Crippen LogP contribution < -0.4 is 0 Å². The molecule has 1 amide bonds. The SMILES string of the molecule is CCCCOC(=O)N(CCC(C)C)Cc1ccc(Br)c(F)c1. The number of nitrogens with zero attached hydrogens (tertiary/aromatic N) is 1. The maximum absolute atomic E-state index is 13.6. The third-order valence-electron chi connectivity index (χ3n) is 3.32. The lowest BCUT2D eigenvalue weighted by Crippen LogP contribution is -2.33. The van der Waals surface area contributed by atoms with Crippen molar-refractivity contribution < 1.29 is 13.9 Å². The Labute approximate surface area is 141 Å². The Bertz CT molecular complexity index is 480. The molecular formula is C17H25BrFNO2. The van der Waals surface area contributed by atoms with Gasteiger partial charge < -0.3 is 9.64 Å². The lowest BCUT2D eigenvalue weighted by molar-refractivity contribution is 0.0966. The largest absolute Gasteiger partial charge is 0.449 e. The van der Waals surface area contributed by atoms with E-state index in [0.717, 1.165) is 24.8 Å². The van der Waals surface area contributed by atoms with E-state index in [4.69, 9.17) is 4.74 Å². The molecule has 0 heterocycles. The van der Waals surface area contributed by atoms with Crippen LogP contribution in [0.4, 0.5) is 9.18 Å². The van der Waals surface area contributed by atoms with E-state index in [-0.39, 0.29) is 11.9 Å². The molecule has 0 radical (unpaired) electrons. The fourth-order valence-corrected chi connectivity index (χ4v) is 2.15. The molecule has 0 saturated carbocycles. The van der Waals surface area contributed by atoms with E-state index in [0.29, 0.717) is 30.1 Å². The number of halogens is 2. The first-order valence-electron chi connectivity index (χ1n) is 7.79. The van der Waals surface area contributed by atoms with Crippen LogP contribution in [0.5, 0.6) is 0 Å². The monoisotopic (exact) mass is 373 g/mol. The van der Waals surface area contributed by atoms with Crippen LogP contribution >= 0.6 is 15.9 Å². The van der Waals surface area contributed by atoms with E-state index in [1.807, 2.05) is 6.07 Å². The molecule has 0 aliphatic heterocycles. The highest BCUT2D eigenvalue weighted by atomic mass is 79.9. The third-order valence-corrected chi connectivity index (χ3v) is 3.96. The van der Waals surface area contributed by atoms with Crippen LogP contribution in [0.2, 0.25) is 0 Å². The molecule has 1 aromatic rings. The predicted molar refractivity (Wildman–Crippen MR) is 90.2 cm³/mol. The molecule has 0 bridgehead atoms. The summed E-state index contributed by atoms with van der Waals surface area (Å²) >= 11 is 3.14. The number of rotatable bonds is 8. The van der Waals surface area contributed by atoms with Gasteiger partial charge >= 0.3 is 6.09 Å². The van der Waals surface area contributed by atoms with Crippen molar-refractivity contribution >= 4 is 22.0 Å².